The van der Waals surface area contributed by atoms with Crippen LogP contribution < -0.4 is 5.32 Å². The summed E-state index contributed by atoms with van der Waals surface area (Å²) in [6.45, 7) is 4.31. The first kappa shape index (κ1) is 14.1. The van der Waals surface area contributed by atoms with Crippen LogP contribution in [0.2, 0.25) is 5.02 Å². The first-order valence-corrected chi connectivity index (χ1v) is 7.82. The molecule has 0 spiro atoms. The Morgan fingerprint density at radius 3 is 2.44 bits per heavy atom. The summed E-state index contributed by atoms with van der Waals surface area (Å²) >= 11 is 11.5. The Hall–Kier alpha value is -0.350. The van der Waals surface area contributed by atoms with Crippen molar-refractivity contribution in [3.05, 3.63) is 55.6 Å². The third kappa shape index (κ3) is 3.35. The number of thiophene rings is 1. The minimum atomic E-state index is 0.231. The normalized spacial score (nSPS) is 14.4. The second kappa shape index (κ2) is 6.20. The van der Waals surface area contributed by atoms with Crippen LogP contribution in [0, 0.1) is 0 Å². The van der Waals surface area contributed by atoms with Gasteiger partial charge in [0, 0.05) is 22.0 Å². The summed E-state index contributed by atoms with van der Waals surface area (Å²) in [7, 11) is 0. The van der Waals surface area contributed by atoms with Gasteiger partial charge in [-0.2, -0.15) is 0 Å². The fourth-order valence-corrected chi connectivity index (χ4v) is 3.67. The Bertz CT molecular complexity index is 526. The van der Waals surface area contributed by atoms with Crippen molar-refractivity contribution in [2.75, 3.05) is 0 Å². The second-order valence-electron chi connectivity index (χ2n) is 4.27. The van der Waals surface area contributed by atoms with E-state index in [0.717, 1.165) is 14.4 Å². The van der Waals surface area contributed by atoms with Crippen molar-refractivity contribution in [1.29, 1.82) is 0 Å². The third-order valence-corrected chi connectivity index (χ3v) is 5.04. The van der Waals surface area contributed by atoms with E-state index in [9.17, 15) is 0 Å². The molecule has 0 fully saturated rings. The first-order valence-electron chi connectivity index (χ1n) is 5.83. The SMILES string of the molecule is CC(N[C@@H](C)c1ccccc1Cl)c1ccc(Br)s1. The van der Waals surface area contributed by atoms with E-state index in [1.807, 2.05) is 18.2 Å². The van der Waals surface area contributed by atoms with Crippen LogP contribution in [0.5, 0.6) is 0 Å². The predicted octanol–water partition coefficient (Wildman–Crippen LogP) is 5.58. The average Bonchev–Trinajstić information content (AvgIpc) is 2.76. The molecule has 2 aromatic rings. The zero-order valence-corrected chi connectivity index (χ0v) is 13.4. The predicted molar refractivity (Wildman–Crippen MR) is 83.4 cm³/mol. The van der Waals surface area contributed by atoms with Crippen LogP contribution in [-0.2, 0) is 0 Å². The highest BCUT2D eigenvalue weighted by atomic mass is 79.9. The number of hydrogen-bond acceptors (Lipinski definition) is 2. The van der Waals surface area contributed by atoms with Gasteiger partial charge in [0.2, 0.25) is 0 Å². The molecule has 1 nitrogen and oxygen atoms in total. The van der Waals surface area contributed by atoms with Crippen LogP contribution in [0.25, 0.3) is 0 Å². The van der Waals surface area contributed by atoms with Gasteiger partial charge in [-0.3, -0.25) is 0 Å². The summed E-state index contributed by atoms with van der Waals surface area (Å²) in [5, 5.41) is 4.39. The molecule has 0 saturated carbocycles. The topological polar surface area (TPSA) is 12.0 Å². The second-order valence-corrected chi connectivity index (χ2v) is 7.18. The van der Waals surface area contributed by atoms with E-state index in [1.54, 1.807) is 11.3 Å². The standard InChI is InChI=1S/C14H15BrClNS/c1-9(11-5-3-4-6-12(11)16)17-10(2)13-7-8-14(15)18-13/h3-10,17H,1-2H3/t9-,10?/m0/s1. The van der Waals surface area contributed by atoms with Crippen molar-refractivity contribution in [2.24, 2.45) is 0 Å². The molecule has 0 aliphatic rings. The van der Waals surface area contributed by atoms with Crippen molar-refractivity contribution in [3.8, 4) is 0 Å². The first-order chi connectivity index (χ1) is 8.58. The number of nitrogens with one attached hydrogen (secondary N) is 1. The number of hydrogen-bond donors (Lipinski definition) is 1. The van der Waals surface area contributed by atoms with Crippen molar-refractivity contribution in [2.45, 2.75) is 25.9 Å². The van der Waals surface area contributed by atoms with Gasteiger partial charge in [0.15, 0.2) is 0 Å². The Balaban J connectivity index is 2.08. The lowest BCUT2D eigenvalue weighted by Crippen LogP contribution is -2.22. The summed E-state index contributed by atoms with van der Waals surface area (Å²) in [6.07, 6.45) is 0. The maximum Gasteiger partial charge on any atom is 0.0701 e. The summed E-state index contributed by atoms with van der Waals surface area (Å²) in [6, 6.07) is 12.7. The highest BCUT2D eigenvalue weighted by Gasteiger charge is 2.14. The summed E-state index contributed by atoms with van der Waals surface area (Å²) in [4.78, 5) is 1.32. The van der Waals surface area contributed by atoms with Crippen LogP contribution in [0.3, 0.4) is 0 Å². The molecule has 0 radical (unpaired) electrons. The van der Waals surface area contributed by atoms with Gasteiger partial charge in [-0.15, -0.1) is 11.3 Å². The van der Waals surface area contributed by atoms with Crippen LogP contribution in [0.15, 0.2) is 40.2 Å². The lowest BCUT2D eigenvalue weighted by Gasteiger charge is -2.20. The highest BCUT2D eigenvalue weighted by Crippen LogP contribution is 2.30. The van der Waals surface area contributed by atoms with Crippen molar-refractivity contribution in [3.63, 3.8) is 0 Å². The minimum Gasteiger partial charge on any atom is -0.303 e. The van der Waals surface area contributed by atoms with Gasteiger partial charge in [-0.1, -0.05) is 29.8 Å². The smallest absolute Gasteiger partial charge is 0.0701 e. The quantitative estimate of drug-likeness (QED) is 0.764. The molecule has 1 aromatic carbocycles. The van der Waals surface area contributed by atoms with Gasteiger partial charge in [-0.25, -0.2) is 0 Å². The van der Waals surface area contributed by atoms with E-state index < -0.39 is 0 Å². The van der Waals surface area contributed by atoms with Gasteiger partial charge in [0.1, 0.15) is 0 Å². The average molecular weight is 345 g/mol. The summed E-state index contributed by atoms with van der Waals surface area (Å²) < 4.78 is 1.16. The maximum atomic E-state index is 6.21. The van der Waals surface area contributed by atoms with Crippen LogP contribution in [-0.4, -0.2) is 0 Å². The largest absolute Gasteiger partial charge is 0.303 e. The molecule has 18 heavy (non-hydrogen) atoms. The molecule has 0 amide bonds. The lowest BCUT2D eigenvalue weighted by molar-refractivity contribution is 0.500. The molecule has 2 atom stereocenters. The Morgan fingerprint density at radius 2 is 1.83 bits per heavy atom. The van der Waals surface area contributed by atoms with E-state index in [4.69, 9.17) is 11.6 Å². The molecule has 1 N–H and O–H groups in total. The zero-order chi connectivity index (χ0) is 13.1. The Morgan fingerprint density at radius 1 is 1.11 bits per heavy atom. The Kier molecular flexibility index (Phi) is 4.84. The molecule has 0 bridgehead atoms. The Labute approximate surface area is 125 Å². The molecule has 2 rings (SSSR count). The van der Waals surface area contributed by atoms with E-state index >= 15 is 0 Å². The number of halogens is 2. The molecule has 0 aliphatic carbocycles. The van der Waals surface area contributed by atoms with E-state index in [0.29, 0.717) is 6.04 Å². The van der Waals surface area contributed by atoms with Crippen molar-refractivity contribution < 1.29 is 0 Å². The molecule has 1 heterocycles. The monoisotopic (exact) mass is 343 g/mol. The van der Waals surface area contributed by atoms with Crippen molar-refractivity contribution in [1.82, 2.24) is 5.32 Å². The molecule has 0 aliphatic heterocycles. The number of rotatable bonds is 4. The summed E-state index contributed by atoms with van der Waals surface area (Å²) in [5.41, 5.74) is 1.14. The molecule has 96 valence electrons. The lowest BCUT2D eigenvalue weighted by atomic mass is 10.1. The van der Waals surface area contributed by atoms with Gasteiger partial charge in [-0.05, 0) is 53.5 Å². The van der Waals surface area contributed by atoms with Gasteiger partial charge < -0.3 is 5.32 Å². The summed E-state index contributed by atoms with van der Waals surface area (Å²) in [5.74, 6) is 0. The molecular formula is C14H15BrClNS. The number of benzene rings is 1. The third-order valence-electron chi connectivity index (χ3n) is 2.89. The molecule has 1 unspecified atom stereocenters. The van der Waals surface area contributed by atoms with E-state index in [-0.39, 0.29) is 6.04 Å². The minimum absolute atomic E-state index is 0.231. The van der Waals surface area contributed by atoms with E-state index in [1.165, 1.54) is 4.88 Å². The molecule has 0 saturated heterocycles. The molecule has 1 aromatic heterocycles. The fraction of sp³-hybridized carbons (Fsp3) is 0.286. The molecule has 4 heteroatoms. The zero-order valence-electron chi connectivity index (χ0n) is 10.3. The van der Waals surface area contributed by atoms with Gasteiger partial charge >= 0.3 is 0 Å². The fourth-order valence-electron chi connectivity index (χ4n) is 1.93. The van der Waals surface area contributed by atoms with Crippen molar-refractivity contribution >= 4 is 38.9 Å². The van der Waals surface area contributed by atoms with Gasteiger partial charge in [0.25, 0.3) is 0 Å². The van der Waals surface area contributed by atoms with Crippen LogP contribution in [0.4, 0.5) is 0 Å². The van der Waals surface area contributed by atoms with Crippen LogP contribution in [0.1, 0.15) is 36.4 Å². The van der Waals surface area contributed by atoms with E-state index in [2.05, 4.69) is 53.3 Å². The van der Waals surface area contributed by atoms with Crippen LogP contribution >= 0.6 is 38.9 Å². The van der Waals surface area contributed by atoms with Gasteiger partial charge in [0.05, 0.1) is 3.79 Å². The molecular weight excluding hydrogens is 330 g/mol. The maximum absolute atomic E-state index is 6.21. The highest BCUT2D eigenvalue weighted by molar-refractivity contribution is 9.11.